The lowest BCUT2D eigenvalue weighted by molar-refractivity contribution is -0.384. The Hall–Kier alpha value is -1.36. The molecule has 0 aliphatic rings. The third-order valence-electron chi connectivity index (χ3n) is 1.56. The lowest BCUT2D eigenvalue weighted by Crippen LogP contribution is -1.89. The zero-order chi connectivity index (χ0) is 10.4. The smallest absolute Gasteiger partial charge is 0.258 e. The van der Waals surface area contributed by atoms with Crippen molar-refractivity contribution in [2.75, 3.05) is 5.75 Å². The molecule has 74 valence electrons. The molecule has 1 aromatic rings. The fraction of sp³-hybridized carbons (Fsp3) is 0.222. The molecule has 0 unspecified atom stereocenters. The van der Waals surface area contributed by atoms with Crippen molar-refractivity contribution in [1.82, 2.24) is 4.98 Å². The standard InChI is InChI=1S/C9H10N2O2S/c12-11(13)9-4-5-10-8(7-9)3-1-2-6-14/h1,3-5,7,14H,2,6H2. The Morgan fingerprint density at radius 3 is 3.07 bits per heavy atom. The van der Waals surface area contributed by atoms with Crippen LogP contribution in [0.3, 0.4) is 0 Å². The van der Waals surface area contributed by atoms with E-state index in [4.69, 9.17) is 0 Å². The summed E-state index contributed by atoms with van der Waals surface area (Å²) in [6.07, 6.45) is 5.90. The van der Waals surface area contributed by atoms with Crippen molar-refractivity contribution < 1.29 is 4.92 Å². The van der Waals surface area contributed by atoms with Crippen molar-refractivity contribution in [2.45, 2.75) is 6.42 Å². The van der Waals surface area contributed by atoms with E-state index in [-0.39, 0.29) is 5.69 Å². The minimum absolute atomic E-state index is 0.0607. The maximum Gasteiger partial charge on any atom is 0.273 e. The van der Waals surface area contributed by atoms with Gasteiger partial charge in [-0.25, -0.2) is 0 Å². The second kappa shape index (κ2) is 5.39. The van der Waals surface area contributed by atoms with Crippen LogP contribution in [0.25, 0.3) is 6.08 Å². The van der Waals surface area contributed by atoms with Crippen LogP contribution in [0, 0.1) is 10.1 Å². The first-order valence-corrected chi connectivity index (χ1v) is 4.75. The Kier molecular flexibility index (Phi) is 4.12. The van der Waals surface area contributed by atoms with Crippen molar-refractivity contribution in [3.05, 3.63) is 40.2 Å². The lowest BCUT2D eigenvalue weighted by atomic mass is 10.3. The van der Waals surface area contributed by atoms with Gasteiger partial charge in [0.2, 0.25) is 0 Å². The molecule has 0 amide bonds. The number of hydrogen-bond acceptors (Lipinski definition) is 4. The van der Waals surface area contributed by atoms with E-state index in [9.17, 15) is 10.1 Å². The molecule has 4 nitrogen and oxygen atoms in total. The average Bonchev–Trinajstić information content (AvgIpc) is 2.19. The first-order chi connectivity index (χ1) is 6.74. The van der Waals surface area contributed by atoms with Gasteiger partial charge in [0.15, 0.2) is 0 Å². The predicted molar refractivity (Wildman–Crippen MR) is 58.4 cm³/mol. The van der Waals surface area contributed by atoms with Gasteiger partial charge in [-0.3, -0.25) is 15.1 Å². The summed E-state index contributed by atoms with van der Waals surface area (Å²) < 4.78 is 0. The zero-order valence-corrected chi connectivity index (χ0v) is 8.35. The minimum Gasteiger partial charge on any atom is -0.258 e. The fourth-order valence-corrected chi connectivity index (χ4v) is 1.07. The van der Waals surface area contributed by atoms with Gasteiger partial charge >= 0.3 is 0 Å². The van der Waals surface area contributed by atoms with Gasteiger partial charge < -0.3 is 0 Å². The van der Waals surface area contributed by atoms with Gasteiger partial charge in [-0.15, -0.1) is 0 Å². The van der Waals surface area contributed by atoms with E-state index in [1.54, 1.807) is 6.08 Å². The molecule has 14 heavy (non-hydrogen) atoms. The van der Waals surface area contributed by atoms with Crippen molar-refractivity contribution in [1.29, 1.82) is 0 Å². The van der Waals surface area contributed by atoms with Gasteiger partial charge in [-0.2, -0.15) is 12.6 Å². The number of thiol groups is 1. The highest BCUT2D eigenvalue weighted by atomic mass is 32.1. The van der Waals surface area contributed by atoms with Gasteiger partial charge in [-0.05, 0) is 18.2 Å². The van der Waals surface area contributed by atoms with Crippen LogP contribution in [0.15, 0.2) is 24.4 Å². The highest BCUT2D eigenvalue weighted by Crippen LogP contribution is 2.11. The predicted octanol–water partition coefficient (Wildman–Crippen LogP) is 2.32. The van der Waals surface area contributed by atoms with E-state index < -0.39 is 4.92 Å². The van der Waals surface area contributed by atoms with E-state index >= 15 is 0 Å². The van der Waals surface area contributed by atoms with Crippen molar-refractivity contribution in [3.8, 4) is 0 Å². The molecule has 1 heterocycles. The molecule has 0 radical (unpaired) electrons. The molecular weight excluding hydrogens is 200 g/mol. The summed E-state index contributed by atoms with van der Waals surface area (Å²) in [4.78, 5) is 14.0. The molecule has 0 fully saturated rings. The number of aromatic nitrogens is 1. The first kappa shape index (κ1) is 10.7. The molecular formula is C9H10N2O2S. The number of pyridine rings is 1. The van der Waals surface area contributed by atoms with Crippen LogP contribution in [-0.2, 0) is 0 Å². The molecule has 1 rings (SSSR count). The van der Waals surface area contributed by atoms with Gasteiger partial charge in [-0.1, -0.05) is 6.08 Å². The number of allylic oxidation sites excluding steroid dienone is 1. The third kappa shape index (κ3) is 3.18. The SMILES string of the molecule is O=[N+]([O-])c1ccnc(C=CCCS)c1. The Labute approximate surface area is 87.2 Å². The molecule has 1 aromatic heterocycles. The monoisotopic (exact) mass is 210 g/mol. The maximum absolute atomic E-state index is 10.4. The van der Waals surface area contributed by atoms with E-state index in [0.717, 1.165) is 12.2 Å². The molecule has 0 saturated carbocycles. The van der Waals surface area contributed by atoms with Gasteiger partial charge in [0.05, 0.1) is 10.6 Å². The van der Waals surface area contributed by atoms with E-state index in [1.807, 2.05) is 6.08 Å². The lowest BCUT2D eigenvalue weighted by Gasteiger charge is -1.92. The van der Waals surface area contributed by atoms with E-state index in [0.29, 0.717) is 5.69 Å². The molecule has 0 saturated heterocycles. The largest absolute Gasteiger partial charge is 0.273 e. The topological polar surface area (TPSA) is 56.0 Å². The molecule has 0 aromatic carbocycles. The second-order valence-corrected chi connectivity index (χ2v) is 3.06. The fourth-order valence-electron chi connectivity index (χ4n) is 0.920. The summed E-state index contributed by atoms with van der Waals surface area (Å²) >= 11 is 4.04. The number of rotatable bonds is 4. The summed E-state index contributed by atoms with van der Waals surface area (Å²) in [5, 5.41) is 10.4. The van der Waals surface area contributed by atoms with Gasteiger partial charge in [0.25, 0.3) is 5.69 Å². The van der Waals surface area contributed by atoms with Gasteiger partial charge in [0, 0.05) is 18.3 Å². The molecule has 0 aliphatic heterocycles. The molecule has 0 spiro atoms. The summed E-state index contributed by atoms with van der Waals surface area (Å²) in [6.45, 7) is 0. The highest BCUT2D eigenvalue weighted by molar-refractivity contribution is 7.80. The van der Waals surface area contributed by atoms with Crippen LogP contribution in [0.5, 0.6) is 0 Å². The normalized spacial score (nSPS) is 10.6. The van der Waals surface area contributed by atoms with Crippen LogP contribution in [0.1, 0.15) is 12.1 Å². The maximum atomic E-state index is 10.4. The quantitative estimate of drug-likeness (QED) is 0.471. The van der Waals surface area contributed by atoms with E-state index in [2.05, 4.69) is 17.6 Å². The van der Waals surface area contributed by atoms with Crippen molar-refractivity contribution >= 4 is 24.4 Å². The highest BCUT2D eigenvalue weighted by Gasteiger charge is 2.04. The molecule has 0 bridgehead atoms. The summed E-state index contributed by atoms with van der Waals surface area (Å²) in [6, 6.07) is 2.81. The number of hydrogen-bond donors (Lipinski definition) is 1. The number of nitro groups is 1. The summed E-state index contributed by atoms with van der Waals surface area (Å²) in [5.41, 5.74) is 0.659. The Balaban J connectivity index is 2.78. The first-order valence-electron chi connectivity index (χ1n) is 4.12. The van der Waals surface area contributed by atoms with Crippen molar-refractivity contribution in [2.24, 2.45) is 0 Å². The van der Waals surface area contributed by atoms with E-state index in [1.165, 1.54) is 18.3 Å². The van der Waals surface area contributed by atoms with Gasteiger partial charge in [0.1, 0.15) is 0 Å². The van der Waals surface area contributed by atoms with Crippen molar-refractivity contribution in [3.63, 3.8) is 0 Å². The Morgan fingerprint density at radius 1 is 1.64 bits per heavy atom. The van der Waals surface area contributed by atoms with Crippen LogP contribution in [0.4, 0.5) is 5.69 Å². The summed E-state index contributed by atoms with van der Waals surface area (Å²) in [5.74, 6) is 0.755. The molecule has 0 aliphatic carbocycles. The van der Waals surface area contributed by atoms with Crippen LogP contribution >= 0.6 is 12.6 Å². The average molecular weight is 210 g/mol. The third-order valence-corrected chi connectivity index (χ3v) is 1.82. The Morgan fingerprint density at radius 2 is 2.43 bits per heavy atom. The summed E-state index contributed by atoms with van der Waals surface area (Å²) in [7, 11) is 0. The van der Waals surface area contributed by atoms with Crippen LogP contribution in [-0.4, -0.2) is 15.7 Å². The zero-order valence-electron chi connectivity index (χ0n) is 7.46. The Bertz CT molecular complexity index is 352. The number of nitrogens with zero attached hydrogens (tertiary/aromatic N) is 2. The minimum atomic E-state index is -0.433. The van der Waals surface area contributed by atoms with Crippen LogP contribution in [0.2, 0.25) is 0 Å². The molecule has 5 heteroatoms. The molecule has 0 atom stereocenters. The second-order valence-electron chi connectivity index (χ2n) is 2.61. The van der Waals surface area contributed by atoms with Crippen LogP contribution < -0.4 is 0 Å². The molecule has 0 N–H and O–H groups in total.